The van der Waals surface area contributed by atoms with E-state index in [4.69, 9.17) is 0 Å². The van der Waals surface area contributed by atoms with Gasteiger partial charge in [0.2, 0.25) is 5.91 Å². The van der Waals surface area contributed by atoms with Crippen LogP contribution >= 0.6 is 11.3 Å². The quantitative estimate of drug-likeness (QED) is 0.896. The van der Waals surface area contributed by atoms with Gasteiger partial charge in [-0.3, -0.25) is 10.1 Å². The molecule has 2 aromatic heterocycles. The van der Waals surface area contributed by atoms with E-state index >= 15 is 0 Å². The Bertz CT molecular complexity index is 578. The first-order chi connectivity index (χ1) is 9.75. The summed E-state index contributed by atoms with van der Waals surface area (Å²) in [6, 6.07) is 3.92. The van der Waals surface area contributed by atoms with Gasteiger partial charge in [-0.1, -0.05) is 6.07 Å². The van der Waals surface area contributed by atoms with Gasteiger partial charge in [0.05, 0.1) is 6.04 Å². The van der Waals surface area contributed by atoms with Crippen molar-refractivity contribution in [1.29, 1.82) is 0 Å². The van der Waals surface area contributed by atoms with Gasteiger partial charge in [-0.15, -0.1) is 11.3 Å². The van der Waals surface area contributed by atoms with Crippen molar-refractivity contribution in [2.45, 2.75) is 24.9 Å². The van der Waals surface area contributed by atoms with Gasteiger partial charge in [-0.2, -0.15) is 0 Å². The molecule has 2 aromatic rings. The van der Waals surface area contributed by atoms with Crippen LogP contribution in [0, 0.1) is 0 Å². The molecule has 20 heavy (non-hydrogen) atoms. The minimum atomic E-state index is -0.146. The maximum atomic E-state index is 12.0. The second kappa shape index (κ2) is 5.76. The number of aryl methyl sites for hydroxylation is 1. The zero-order valence-electron chi connectivity index (χ0n) is 11.4. The molecular formula is C14H18N4OS. The lowest BCUT2D eigenvalue weighted by atomic mass is 10.0. The van der Waals surface area contributed by atoms with Crippen molar-refractivity contribution in [3.05, 3.63) is 40.6 Å². The summed E-state index contributed by atoms with van der Waals surface area (Å²) in [5.41, 5.74) is 0. The smallest absolute Gasteiger partial charge is 0.237 e. The largest absolute Gasteiger partial charge is 0.355 e. The third-order valence-corrected chi connectivity index (χ3v) is 4.53. The zero-order valence-corrected chi connectivity index (χ0v) is 12.2. The van der Waals surface area contributed by atoms with Crippen LogP contribution in [-0.2, 0) is 11.8 Å². The van der Waals surface area contributed by atoms with Crippen LogP contribution in [0.1, 0.15) is 29.6 Å². The minimum Gasteiger partial charge on any atom is -0.355 e. The number of thiophene rings is 1. The minimum absolute atomic E-state index is 0.0381. The van der Waals surface area contributed by atoms with Crippen molar-refractivity contribution < 1.29 is 4.79 Å². The molecule has 106 valence electrons. The van der Waals surface area contributed by atoms with Crippen LogP contribution < -0.4 is 10.6 Å². The molecule has 1 saturated heterocycles. The van der Waals surface area contributed by atoms with E-state index in [-0.39, 0.29) is 18.0 Å². The number of carbonyl (C=O) groups excluding carboxylic acids is 1. The fourth-order valence-corrected chi connectivity index (χ4v) is 3.31. The van der Waals surface area contributed by atoms with Gasteiger partial charge in [-0.05, 0) is 24.3 Å². The monoisotopic (exact) mass is 290 g/mol. The maximum absolute atomic E-state index is 12.0. The van der Waals surface area contributed by atoms with Crippen LogP contribution in [-0.4, -0.2) is 28.0 Å². The molecule has 2 unspecified atom stereocenters. The average Bonchev–Trinajstić information content (AvgIpc) is 3.10. The van der Waals surface area contributed by atoms with Crippen LogP contribution in [0.5, 0.6) is 0 Å². The predicted molar refractivity (Wildman–Crippen MR) is 78.5 cm³/mol. The van der Waals surface area contributed by atoms with E-state index < -0.39 is 0 Å². The fraction of sp³-hybridized carbons (Fsp3) is 0.429. The summed E-state index contributed by atoms with van der Waals surface area (Å²) >= 11 is 1.68. The van der Waals surface area contributed by atoms with Gasteiger partial charge in [0.25, 0.3) is 0 Å². The summed E-state index contributed by atoms with van der Waals surface area (Å²) in [5.74, 6) is 1.03. The van der Waals surface area contributed by atoms with E-state index in [0.29, 0.717) is 0 Å². The number of rotatable bonds is 4. The number of aromatic nitrogens is 2. The molecule has 0 bridgehead atoms. The van der Waals surface area contributed by atoms with Crippen LogP contribution in [0.25, 0.3) is 0 Å². The van der Waals surface area contributed by atoms with E-state index in [9.17, 15) is 4.79 Å². The van der Waals surface area contributed by atoms with Gasteiger partial charge in [-0.25, -0.2) is 4.98 Å². The first-order valence-electron chi connectivity index (χ1n) is 6.80. The second-order valence-electron chi connectivity index (χ2n) is 5.00. The van der Waals surface area contributed by atoms with Crippen molar-refractivity contribution in [2.24, 2.45) is 7.05 Å². The number of piperidine rings is 1. The Morgan fingerprint density at radius 2 is 2.50 bits per heavy atom. The number of nitrogens with one attached hydrogen (secondary N) is 2. The van der Waals surface area contributed by atoms with Gasteiger partial charge >= 0.3 is 0 Å². The summed E-state index contributed by atoms with van der Waals surface area (Å²) in [4.78, 5) is 17.6. The highest BCUT2D eigenvalue weighted by atomic mass is 32.1. The molecule has 1 aliphatic heterocycles. The summed E-state index contributed by atoms with van der Waals surface area (Å²) in [6.07, 6.45) is 5.61. The molecule has 2 N–H and O–H groups in total. The number of amides is 1. The maximum Gasteiger partial charge on any atom is 0.237 e. The summed E-state index contributed by atoms with van der Waals surface area (Å²) in [5, 5.41) is 8.43. The summed E-state index contributed by atoms with van der Waals surface area (Å²) in [7, 11) is 1.98. The van der Waals surface area contributed by atoms with Crippen LogP contribution in [0.3, 0.4) is 0 Å². The summed E-state index contributed by atoms with van der Waals surface area (Å²) in [6.45, 7) is 0.781. The third kappa shape index (κ3) is 2.62. The lowest BCUT2D eigenvalue weighted by Gasteiger charge is -2.27. The normalized spacial score (nSPS) is 20.6. The molecule has 1 amide bonds. The van der Waals surface area contributed by atoms with Gasteiger partial charge < -0.3 is 9.88 Å². The van der Waals surface area contributed by atoms with E-state index in [1.165, 1.54) is 4.88 Å². The highest BCUT2D eigenvalue weighted by Crippen LogP contribution is 2.26. The third-order valence-electron chi connectivity index (χ3n) is 3.60. The van der Waals surface area contributed by atoms with E-state index in [1.54, 1.807) is 17.5 Å². The van der Waals surface area contributed by atoms with Crippen molar-refractivity contribution in [3.63, 3.8) is 0 Å². The molecule has 5 nitrogen and oxygen atoms in total. The molecule has 0 aromatic carbocycles. The molecule has 1 fully saturated rings. The Labute approximate surface area is 122 Å². The SMILES string of the molecule is Cn1ccnc1C(NC1CCCNC1=O)c1cccs1. The Morgan fingerprint density at radius 1 is 1.60 bits per heavy atom. The van der Waals surface area contributed by atoms with Crippen molar-refractivity contribution in [2.75, 3.05) is 6.54 Å². The Morgan fingerprint density at radius 3 is 3.15 bits per heavy atom. The highest BCUT2D eigenvalue weighted by Gasteiger charge is 2.28. The molecule has 1 aliphatic rings. The molecule has 0 aliphatic carbocycles. The van der Waals surface area contributed by atoms with Crippen LogP contribution in [0.15, 0.2) is 29.9 Å². The average molecular weight is 290 g/mol. The van der Waals surface area contributed by atoms with E-state index in [0.717, 1.165) is 25.2 Å². The molecule has 2 atom stereocenters. The first-order valence-corrected chi connectivity index (χ1v) is 7.68. The number of carbonyl (C=O) groups is 1. The first kappa shape index (κ1) is 13.3. The van der Waals surface area contributed by atoms with Crippen molar-refractivity contribution in [1.82, 2.24) is 20.2 Å². The standard InChI is InChI=1S/C14H18N4OS/c1-18-8-7-15-13(18)12(11-5-3-9-20-11)17-10-4-2-6-16-14(10)19/h3,5,7-10,12,17H,2,4,6H2,1H3,(H,16,19). The molecule has 0 saturated carbocycles. The molecular weight excluding hydrogens is 272 g/mol. The number of nitrogens with zero attached hydrogens (tertiary/aromatic N) is 2. The summed E-state index contributed by atoms with van der Waals surface area (Å²) < 4.78 is 2.00. The van der Waals surface area contributed by atoms with Gasteiger partial charge in [0.1, 0.15) is 11.9 Å². The Hall–Kier alpha value is -1.66. The fourth-order valence-electron chi connectivity index (χ4n) is 2.53. The second-order valence-corrected chi connectivity index (χ2v) is 5.98. The Balaban J connectivity index is 1.87. The number of imidazole rings is 1. The predicted octanol–water partition coefficient (Wildman–Crippen LogP) is 1.44. The molecule has 3 heterocycles. The van der Waals surface area contributed by atoms with E-state index in [1.807, 2.05) is 29.3 Å². The van der Waals surface area contributed by atoms with Crippen molar-refractivity contribution in [3.8, 4) is 0 Å². The van der Waals surface area contributed by atoms with Crippen molar-refractivity contribution >= 4 is 17.2 Å². The van der Waals surface area contributed by atoms with Crippen LogP contribution in [0.2, 0.25) is 0 Å². The molecule has 6 heteroatoms. The Kier molecular flexibility index (Phi) is 3.84. The van der Waals surface area contributed by atoms with E-state index in [2.05, 4.69) is 21.7 Å². The number of hydrogen-bond acceptors (Lipinski definition) is 4. The van der Waals surface area contributed by atoms with Gasteiger partial charge in [0, 0.05) is 30.9 Å². The topological polar surface area (TPSA) is 59.0 Å². The molecule has 0 spiro atoms. The molecule has 3 rings (SSSR count). The van der Waals surface area contributed by atoms with Gasteiger partial charge in [0.15, 0.2) is 0 Å². The molecule has 0 radical (unpaired) electrons. The lowest BCUT2D eigenvalue weighted by Crippen LogP contribution is -2.49. The zero-order chi connectivity index (χ0) is 13.9. The highest BCUT2D eigenvalue weighted by molar-refractivity contribution is 7.10. The number of hydrogen-bond donors (Lipinski definition) is 2. The lowest BCUT2D eigenvalue weighted by molar-refractivity contribution is -0.124. The van der Waals surface area contributed by atoms with Crippen LogP contribution in [0.4, 0.5) is 0 Å².